The fourth-order valence-corrected chi connectivity index (χ4v) is 3.15. The van der Waals surface area contributed by atoms with Gasteiger partial charge < -0.3 is 14.9 Å². The van der Waals surface area contributed by atoms with E-state index in [-0.39, 0.29) is 12.2 Å². The van der Waals surface area contributed by atoms with Gasteiger partial charge in [0.1, 0.15) is 17.2 Å². The molecule has 3 rings (SSSR count). The molecule has 7 heteroatoms. The quantitative estimate of drug-likeness (QED) is 0.720. The number of benzene rings is 2. The number of nitrogens with zero attached hydrogens (tertiary/aromatic N) is 1. The van der Waals surface area contributed by atoms with Crippen LogP contribution in [0.15, 0.2) is 53.5 Å². The van der Waals surface area contributed by atoms with Gasteiger partial charge in [-0.25, -0.2) is 14.0 Å². The van der Waals surface area contributed by atoms with Gasteiger partial charge in [0.15, 0.2) is 5.54 Å². The average Bonchev–Trinajstić information content (AvgIpc) is 3.12. The van der Waals surface area contributed by atoms with Gasteiger partial charge >= 0.3 is 11.9 Å². The molecule has 1 atom stereocenters. The van der Waals surface area contributed by atoms with Crippen molar-refractivity contribution in [3.63, 3.8) is 0 Å². The Bertz CT molecular complexity index is 1050. The van der Waals surface area contributed by atoms with Crippen LogP contribution >= 0.6 is 0 Å². The van der Waals surface area contributed by atoms with Crippen LogP contribution in [0, 0.1) is 5.82 Å². The number of hydrogen-bond acceptors (Lipinski definition) is 5. The van der Waals surface area contributed by atoms with Gasteiger partial charge in [-0.1, -0.05) is 12.1 Å². The first-order valence-corrected chi connectivity index (χ1v) is 9.32. The second kappa shape index (κ2) is 7.74. The number of aromatic carboxylic acids is 1. The maximum Gasteiger partial charge on any atom is 0.338 e. The molecule has 1 aliphatic rings. The number of ether oxygens (including phenoxy) is 1. The third kappa shape index (κ3) is 4.40. The second-order valence-corrected chi connectivity index (χ2v) is 8.08. The Morgan fingerprint density at radius 1 is 1.13 bits per heavy atom. The Morgan fingerprint density at radius 3 is 2.40 bits per heavy atom. The van der Waals surface area contributed by atoms with Gasteiger partial charge in [0.25, 0.3) is 0 Å². The molecule has 0 saturated heterocycles. The first-order valence-electron chi connectivity index (χ1n) is 9.32. The number of phenolic OH excluding ortho intramolecular Hbond substituents is 1. The van der Waals surface area contributed by atoms with Gasteiger partial charge in [0, 0.05) is 12.6 Å². The number of rotatable bonds is 5. The third-order valence-corrected chi connectivity index (χ3v) is 4.58. The lowest BCUT2D eigenvalue weighted by Crippen LogP contribution is -2.41. The largest absolute Gasteiger partial charge is 0.508 e. The molecule has 0 aliphatic carbocycles. The number of carbonyl (C=O) groups excluding carboxylic acids is 1. The Kier molecular flexibility index (Phi) is 5.48. The summed E-state index contributed by atoms with van der Waals surface area (Å²) in [5.74, 6) is -2.79. The number of carboxylic acid groups (broad SMARTS) is 1. The van der Waals surface area contributed by atoms with Crippen LogP contribution in [0.25, 0.3) is 11.1 Å². The molecule has 1 heterocycles. The van der Waals surface area contributed by atoms with Crippen LogP contribution in [0.5, 0.6) is 5.75 Å². The zero-order valence-corrected chi connectivity index (χ0v) is 16.8. The molecule has 2 aromatic rings. The van der Waals surface area contributed by atoms with Crippen molar-refractivity contribution in [3.8, 4) is 16.9 Å². The molecular formula is C23H22FNO5. The fraction of sp³-hybridized carbons (Fsp3) is 0.261. The highest BCUT2D eigenvalue weighted by molar-refractivity contribution is 5.92. The first-order chi connectivity index (χ1) is 14.0. The summed E-state index contributed by atoms with van der Waals surface area (Å²) in [6, 6.07) is 8.42. The maximum absolute atomic E-state index is 13.7. The summed E-state index contributed by atoms with van der Waals surface area (Å²) < 4.78 is 19.2. The SMILES string of the molecule is CC(C)(C)OC(=O)C1(Cc2cc(-c3ccc(F)c(C(=O)O)c3)ccc2O)C=CC=N1. The van der Waals surface area contributed by atoms with E-state index in [1.54, 1.807) is 45.1 Å². The fourth-order valence-electron chi connectivity index (χ4n) is 3.15. The molecule has 0 bridgehead atoms. The van der Waals surface area contributed by atoms with Gasteiger partial charge in [-0.2, -0.15) is 0 Å². The highest BCUT2D eigenvalue weighted by atomic mass is 19.1. The second-order valence-electron chi connectivity index (χ2n) is 8.08. The molecule has 1 unspecified atom stereocenters. The smallest absolute Gasteiger partial charge is 0.338 e. The predicted octanol–water partition coefficient (Wildman–Crippen LogP) is 4.16. The van der Waals surface area contributed by atoms with E-state index in [9.17, 15) is 19.1 Å². The monoisotopic (exact) mass is 411 g/mol. The average molecular weight is 411 g/mol. The topological polar surface area (TPSA) is 96.2 Å². The Morgan fingerprint density at radius 2 is 1.80 bits per heavy atom. The Labute approximate surface area is 173 Å². The molecule has 2 N–H and O–H groups in total. The summed E-state index contributed by atoms with van der Waals surface area (Å²) in [5.41, 5.74) is -1.01. The van der Waals surface area contributed by atoms with Crippen LogP contribution in [0.4, 0.5) is 4.39 Å². The summed E-state index contributed by atoms with van der Waals surface area (Å²) in [5, 5.41) is 19.5. The molecular weight excluding hydrogens is 389 g/mol. The normalized spacial score (nSPS) is 17.9. The molecule has 0 spiro atoms. The number of esters is 1. The molecule has 0 radical (unpaired) electrons. The van der Waals surface area contributed by atoms with E-state index in [0.29, 0.717) is 16.7 Å². The summed E-state index contributed by atoms with van der Waals surface area (Å²) in [6.45, 7) is 5.27. The summed E-state index contributed by atoms with van der Waals surface area (Å²) in [4.78, 5) is 28.4. The number of hydrogen-bond donors (Lipinski definition) is 2. The van der Waals surface area contributed by atoms with Crippen LogP contribution in [0.1, 0.15) is 36.7 Å². The van der Waals surface area contributed by atoms with Crippen molar-refractivity contribution in [1.82, 2.24) is 0 Å². The van der Waals surface area contributed by atoms with E-state index in [1.165, 1.54) is 24.4 Å². The third-order valence-electron chi connectivity index (χ3n) is 4.58. The number of carboxylic acids is 1. The first kappa shape index (κ1) is 21.2. The lowest BCUT2D eigenvalue weighted by Gasteiger charge is -2.28. The van der Waals surface area contributed by atoms with E-state index in [0.717, 1.165) is 6.07 Å². The van der Waals surface area contributed by atoms with Gasteiger partial charge in [-0.15, -0.1) is 0 Å². The van der Waals surface area contributed by atoms with E-state index >= 15 is 0 Å². The molecule has 0 saturated carbocycles. The minimum atomic E-state index is -1.37. The van der Waals surface area contributed by atoms with E-state index in [1.807, 2.05) is 0 Å². The number of allylic oxidation sites excluding steroid dienone is 1. The van der Waals surface area contributed by atoms with Crippen molar-refractivity contribution < 1.29 is 28.9 Å². The van der Waals surface area contributed by atoms with Gasteiger partial charge in [-0.05, 0) is 73.9 Å². The van der Waals surface area contributed by atoms with Crippen LogP contribution in [-0.4, -0.2) is 39.5 Å². The van der Waals surface area contributed by atoms with Crippen LogP contribution in [-0.2, 0) is 16.0 Å². The van der Waals surface area contributed by atoms with E-state index in [2.05, 4.69) is 4.99 Å². The number of phenols is 1. The molecule has 0 aromatic heterocycles. The minimum absolute atomic E-state index is 0.0432. The standard InChI is InChI=1S/C23H22FNO5/c1-22(2,3)30-21(29)23(9-4-10-25-23)13-16-11-14(6-8-19(16)26)15-5-7-18(24)17(12-15)20(27)28/h4-12,26H,13H2,1-3H3,(H,27,28). The lowest BCUT2D eigenvalue weighted by molar-refractivity contribution is -0.159. The lowest BCUT2D eigenvalue weighted by atomic mass is 9.89. The van der Waals surface area contributed by atoms with Crippen molar-refractivity contribution in [3.05, 3.63) is 65.5 Å². The predicted molar refractivity (Wildman–Crippen MR) is 110 cm³/mol. The highest BCUT2D eigenvalue weighted by Crippen LogP contribution is 2.33. The highest BCUT2D eigenvalue weighted by Gasteiger charge is 2.41. The molecule has 6 nitrogen and oxygen atoms in total. The molecule has 0 amide bonds. The number of halogens is 1. The van der Waals surface area contributed by atoms with Gasteiger partial charge in [0.05, 0.1) is 5.56 Å². The van der Waals surface area contributed by atoms with Gasteiger partial charge in [0.2, 0.25) is 0 Å². The molecule has 156 valence electrons. The van der Waals surface area contributed by atoms with Crippen LogP contribution in [0.3, 0.4) is 0 Å². The van der Waals surface area contributed by atoms with Crippen molar-refractivity contribution in [2.45, 2.75) is 38.3 Å². The number of aliphatic imine (C=N–C) groups is 1. The van der Waals surface area contributed by atoms with Crippen molar-refractivity contribution >= 4 is 18.2 Å². The summed E-state index contributed by atoms with van der Waals surface area (Å²) in [7, 11) is 0. The number of aromatic hydroxyl groups is 1. The van der Waals surface area contributed by atoms with E-state index in [4.69, 9.17) is 9.84 Å². The Hall–Kier alpha value is -3.48. The van der Waals surface area contributed by atoms with Crippen LogP contribution < -0.4 is 0 Å². The van der Waals surface area contributed by atoms with Crippen molar-refractivity contribution in [1.29, 1.82) is 0 Å². The Balaban J connectivity index is 1.99. The molecule has 30 heavy (non-hydrogen) atoms. The van der Waals surface area contributed by atoms with E-state index < -0.39 is 34.5 Å². The van der Waals surface area contributed by atoms with Gasteiger partial charge in [-0.3, -0.25) is 4.99 Å². The zero-order valence-electron chi connectivity index (χ0n) is 16.8. The molecule has 0 fully saturated rings. The number of carbonyl (C=O) groups is 2. The molecule has 2 aromatic carbocycles. The molecule has 1 aliphatic heterocycles. The van der Waals surface area contributed by atoms with Crippen LogP contribution in [0.2, 0.25) is 0 Å². The summed E-state index contributed by atoms with van der Waals surface area (Å²) in [6.07, 6.45) is 4.81. The maximum atomic E-state index is 13.7. The zero-order chi connectivity index (χ0) is 22.1. The minimum Gasteiger partial charge on any atom is -0.508 e. The van der Waals surface area contributed by atoms with Crippen molar-refractivity contribution in [2.24, 2.45) is 4.99 Å². The van der Waals surface area contributed by atoms with Crippen molar-refractivity contribution in [2.75, 3.05) is 0 Å². The summed E-state index contributed by atoms with van der Waals surface area (Å²) >= 11 is 0.